The summed E-state index contributed by atoms with van der Waals surface area (Å²) in [7, 11) is 0. The van der Waals surface area contributed by atoms with E-state index < -0.39 is 0 Å². The van der Waals surface area contributed by atoms with E-state index in [0.717, 1.165) is 44.5 Å². The molecule has 1 amide bonds. The molecule has 0 unspecified atom stereocenters. The number of aromatic amines is 1. The van der Waals surface area contributed by atoms with E-state index in [1.807, 2.05) is 23.1 Å². The van der Waals surface area contributed by atoms with E-state index in [0.29, 0.717) is 30.1 Å². The summed E-state index contributed by atoms with van der Waals surface area (Å²) in [5, 5.41) is 0.618. The van der Waals surface area contributed by atoms with Crippen molar-refractivity contribution < 1.29 is 4.79 Å². The minimum Gasteiger partial charge on any atom is -0.340 e. The molecule has 1 atom stereocenters. The van der Waals surface area contributed by atoms with Crippen molar-refractivity contribution in [2.75, 3.05) is 26.2 Å². The number of hydrogen-bond acceptors (Lipinski definition) is 4. The van der Waals surface area contributed by atoms with Gasteiger partial charge in [-0.25, -0.2) is 4.98 Å². The highest BCUT2D eigenvalue weighted by molar-refractivity contribution is 5.77. The fourth-order valence-corrected chi connectivity index (χ4v) is 3.80. The fraction of sp³-hybridized carbons (Fsp3) is 0.450. The van der Waals surface area contributed by atoms with E-state index in [4.69, 9.17) is 0 Å². The number of amides is 1. The molecule has 0 radical (unpaired) electrons. The molecule has 1 saturated heterocycles. The number of aromatic nitrogens is 2. The summed E-state index contributed by atoms with van der Waals surface area (Å²) >= 11 is 0. The number of nitrogens with one attached hydrogen (secondary N) is 1. The summed E-state index contributed by atoms with van der Waals surface area (Å²) in [6.45, 7) is 3.71. The lowest BCUT2D eigenvalue weighted by Crippen LogP contribution is -2.48. The molecule has 136 valence electrons. The molecule has 0 spiro atoms. The average molecular weight is 352 g/mol. The van der Waals surface area contributed by atoms with Crippen LogP contribution in [0.25, 0.3) is 10.9 Å². The number of allylic oxidation sites excluding steroid dienone is 2. The molecule has 1 aromatic heterocycles. The third-order valence-corrected chi connectivity index (χ3v) is 5.31. The van der Waals surface area contributed by atoms with Crippen LogP contribution in [0.15, 0.2) is 41.2 Å². The highest BCUT2D eigenvalue weighted by Gasteiger charge is 2.24. The number of nitrogens with zero attached hydrogens (tertiary/aromatic N) is 3. The van der Waals surface area contributed by atoms with Crippen molar-refractivity contribution in [3.05, 3.63) is 52.6 Å². The lowest BCUT2D eigenvalue weighted by Gasteiger charge is -2.34. The quantitative estimate of drug-likeness (QED) is 0.854. The number of fused-ring (bicyclic) bond motifs is 1. The van der Waals surface area contributed by atoms with Gasteiger partial charge in [0, 0.05) is 32.6 Å². The highest BCUT2D eigenvalue weighted by Crippen LogP contribution is 2.21. The lowest BCUT2D eigenvalue weighted by atomic mass is 10.0. The van der Waals surface area contributed by atoms with Gasteiger partial charge in [-0.1, -0.05) is 24.3 Å². The Morgan fingerprint density at radius 1 is 1.19 bits per heavy atom. The van der Waals surface area contributed by atoms with Gasteiger partial charge in [-0.3, -0.25) is 14.5 Å². The topological polar surface area (TPSA) is 69.3 Å². The van der Waals surface area contributed by atoms with Gasteiger partial charge in [0.1, 0.15) is 5.82 Å². The fourth-order valence-electron chi connectivity index (χ4n) is 3.80. The Labute approximate surface area is 152 Å². The second-order valence-electron chi connectivity index (χ2n) is 7.16. The number of rotatable bonds is 4. The van der Waals surface area contributed by atoms with Crippen LogP contribution in [-0.2, 0) is 11.3 Å². The summed E-state index contributed by atoms with van der Waals surface area (Å²) in [6, 6.07) is 7.38. The van der Waals surface area contributed by atoms with Gasteiger partial charge in [-0.05, 0) is 30.9 Å². The van der Waals surface area contributed by atoms with Crippen molar-refractivity contribution in [2.24, 2.45) is 5.92 Å². The minimum atomic E-state index is -0.0935. The normalized spacial score (nSPS) is 20.8. The van der Waals surface area contributed by atoms with Crippen molar-refractivity contribution in [1.82, 2.24) is 19.8 Å². The third-order valence-electron chi connectivity index (χ3n) is 5.31. The highest BCUT2D eigenvalue weighted by atomic mass is 16.2. The summed E-state index contributed by atoms with van der Waals surface area (Å²) in [6.07, 6.45) is 7.19. The van der Waals surface area contributed by atoms with Crippen LogP contribution < -0.4 is 5.56 Å². The molecule has 0 bridgehead atoms. The summed E-state index contributed by atoms with van der Waals surface area (Å²) in [5.74, 6) is 1.37. The number of carbonyl (C=O) groups is 1. The Hall–Kier alpha value is -2.47. The zero-order valence-corrected chi connectivity index (χ0v) is 14.9. The molecule has 1 aliphatic heterocycles. The van der Waals surface area contributed by atoms with E-state index in [2.05, 4.69) is 27.0 Å². The van der Waals surface area contributed by atoms with Gasteiger partial charge in [0.25, 0.3) is 5.56 Å². The van der Waals surface area contributed by atoms with Crippen LogP contribution in [0.4, 0.5) is 0 Å². The molecular weight excluding hydrogens is 328 g/mol. The molecule has 1 aliphatic carbocycles. The molecule has 6 heteroatoms. The molecular formula is C20H24N4O2. The zero-order valence-electron chi connectivity index (χ0n) is 14.9. The van der Waals surface area contributed by atoms with E-state index in [1.54, 1.807) is 6.07 Å². The molecule has 2 aromatic rings. The van der Waals surface area contributed by atoms with Gasteiger partial charge in [0.2, 0.25) is 5.91 Å². The first-order valence-electron chi connectivity index (χ1n) is 9.34. The SMILES string of the molecule is O=C(C[C@H]1C=CCC1)N1CCN(Cc2nc3ccccc3c(=O)[nH]2)CC1. The molecule has 1 aromatic carbocycles. The molecule has 1 fully saturated rings. The molecule has 6 nitrogen and oxygen atoms in total. The first kappa shape index (κ1) is 17.0. The van der Waals surface area contributed by atoms with Crippen LogP contribution in [0.1, 0.15) is 25.1 Å². The van der Waals surface area contributed by atoms with E-state index in [-0.39, 0.29) is 11.5 Å². The Kier molecular flexibility index (Phi) is 4.84. The Balaban J connectivity index is 1.34. The first-order chi connectivity index (χ1) is 12.7. The molecule has 4 rings (SSSR count). The number of carbonyl (C=O) groups excluding carboxylic acids is 1. The average Bonchev–Trinajstić information content (AvgIpc) is 3.15. The maximum absolute atomic E-state index is 12.4. The molecule has 26 heavy (non-hydrogen) atoms. The zero-order chi connectivity index (χ0) is 17.9. The van der Waals surface area contributed by atoms with Crippen molar-refractivity contribution >= 4 is 16.8 Å². The van der Waals surface area contributed by atoms with Gasteiger partial charge < -0.3 is 9.88 Å². The van der Waals surface area contributed by atoms with Gasteiger partial charge in [0.15, 0.2) is 0 Å². The smallest absolute Gasteiger partial charge is 0.258 e. The van der Waals surface area contributed by atoms with Crippen molar-refractivity contribution in [3.8, 4) is 0 Å². The monoisotopic (exact) mass is 352 g/mol. The van der Waals surface area contributed by atoms with Gasteiger partial charge in [-0.2, -0.15) is 0 Å². The van der Waals surface area contributed by atoms with Crippen LogP contribution in [0.5, 0.6) is 0 Å². The number of benzene rings is 1. The van der Waals surface area contributed by atoms with Crippen LogP contribution >= 0.6 is 0 Å². The van der Waals surface area contributed by atoms with Crippen molar-refractivity contribution in [1.29, 1.82) is 0 Å². The van der Waals surface area contributed by atoms with Crippen LogP contribution in [0.2, 0.25) is 0 Å². The largest absolute Gasteiger partial charge is 0.340 e. The lowest BCUT2D eigenvalue weighted by molar-refractivity contribution is -0.133. The summed E-state index contributed by atoms with van der Waals surface area (Å²) in [5.41, 5.74) is 0.633. The second kappa shape index (κ2) is 7.41. The molecule has 1 N–H and O–H groups in total. The van der Waals surface area contributed by atoms with Crippen LogP contribution in [-0.4, -0.2) is 51.9 Å². The number of piperazine rings is 1. The van der Waals surface area contributed by atoms with Crippen molar-refractivity contribution in [3.63, 3.8) is 0 Å². The summed E-state index contributed by atoms with van der Waals surface area (Å²) < 4.78 is 0. The first-order valence-corrected chi connectivity index (χ1v) is 9.34. The maximum Gasteiger partial charge on any atom is 0.258 e. The molecule has 2 aliphatic rings. The van der Waals surface area contributed by atoms with Crippen LogP contribution in [0, 0.1) is 5.92 Å². The van der Waals surface area contributed by atoms with Gasteiger partial charge in [0.05, 0.1) is 17.4 Å². The van der Waals surface area contributed by atoms with Gasteiger partial charge in [-0.15, -0.1) is 0 Å². The second-order valence-corrected chi connectivity index (χ2v) is 7.16. The van der Waals surface area contributed by atoms with Crippen LogP contribution in [0.3, 0.4) is 0 Å². The Morgan fingerprint density at radius 3 is 2.77 bits per heavy atom. The third kappa shape index (κ3) is 3.70. The Morgan fingerprint density at radius 2 is 2.00 bits per heavy atom. The summed E-state index contributed by atoms with van der Waals surface area (Å²) in [4.78, 5) is 36.3. The number of hydrogen-bond donors (Lipinski definition) is 1. The van der Waals surface area contributed by atoms with E-state index >= 15 is 0 Å². The van der Waals surface area contributed by atoms with E-state index in [9.17, 15) is 9.59 Å². The molecule has 2 heterocycles. The maximum atomic E-state index is 12.4. The minimum absolute atomic E-state index is 0.0935. The van der Waals surface area contributed by atoms with Crippen molar-refractivity contribution in [2.45, 2.75) is 25.8 Å². The number of H-pyrrole nitrogens is 1. The Bertz CT molecular complexity index is 881. The predicted octanol–water partition coefficient (Wildman–Crippen LogP) is 1.92. The predicted molar refractivity (Wildman–Crippen MR) is 101 cm³/mol. The molecule has 0 saturated carbocycles. The van der Waals surface area contributed by atoms with E-state index in [1.165, 1.54) is 0 Å². The van der Waals surface area contributed by atoms with Gasteiger partial charge >= 0.3 is 0 Å². The number of para-hydroxylation sites is 1. The standard InChI is InChI=1S/C20H24N4O2/c25-19(13-15-5-1-2-6-15)24-11-9-23(10-12-24)14-18-21-17-8-4-3-7-16(17)20(26)22-18/h1,3-5,7-8,15H,2,6,9-14H2,(H,21,22,26)/t15-/m0/s1.